The van der Waals surface area contributed by atoms with Crippen LogP contribution in [-0.4, -0.2) is 29.5 Å². The summed E-state index contributed by atoms with van der Waals surface area (Å²) in [7, 11) is 4.03. The molecule has 1 rings (SSSR count). The third kappa shape index (κ3) is 2.64. The van der Waals surface area contributed by atoms with Crippen molar-refractivity contribution in [3.63, 3.8) is 0 Å². The summed E-state index contributed by atoms with van der Waals surface area (Å²) in [6.07, 6.45) is 4.67. The van der Waals surface area contributed by atoms with E-state index in [9.17, 15) is 4.39 Å². The van der Waals surface area contributed by atoms with Gasteiger partial charge in [0, 0.05) is 17.8 Å². The van der Waals surface area contributed by atoms with Gasteiger partial charge < -0.3 is 10.6 Å². The highest BCUT2D eigenvalue weighted by Gasteiger charge is 2.36. The zero-order chi connectivity index (χ0) is 13.1. The normalized spacial score (nSPS) is 14.1. The number of halogens is 1. The van der Waals surface area contributed by atoms with Crippen molar-refractivity contribution in [1.82, 2.24) is 9.88 Å². The van der Waals surface area contributed by atoms with Crippen molar-refractivity contribution < 1.29 is 4.39 Å². The Morgan fingerprint density at radius 3 is 2.35 bits per heavy atom. The molecule has 1 aromatic heterocycles. The largest absolute Gasteiger partial charge is 0.322 e. The quantitative estimate of drug-likeness (QED) is 0.857. The summed E-state index contributed by atoms with van der Waals surface area (Å²) < 4.78 is 13.2. The van der Waals surface area contributed by atoms with Crippen LogP contribution in [-0.2, 0) is 0 Å². The van der Waals surface area contributed by atoms with Gasteiger partial charge in [-0.3, -0.25) is 4.98 Å². The summed E-state index contributed by atoms with van der Waals surface area (Å²) in [6, 6.07) is 1.23. The zero-order valence-corrected chi connectivity index (χ0v) is 11.1. The number of likely N-dealkylation sites (N-methyl/N-ethyl adjacent to an activating group) is 1. The first kappa shape index (κ1) is 14.1. The van der Waals surface area contributed by atoms with E-state index in [1.807, 2.05) is 14.1 Å². The van der Waals surface area contributed by atoms with E-state index in [0.717, 1.165) is 18.4 Å². The number of nitrogens with two attached hydrogens (primary N) is 1. The van der Waals surface area contributed by atoms with E-state index in [1.54, 1.807) is 6.20 Å². The van der Waals surface area contributed by atoms with Crippen LogP contribution in [0.2, 0.25) is 0 Å². The van der Waals surface area contributed by atoms with Gasteiger partial charge in [0.1, 0.15) is 5.82 Å². The molecule has 0 saturated heterocycles. The van der Waals surface area contributed by atoms with Crippen molar-refractivity contribution >= 4 is 0 Å². The van der Waals surface area contributed by atoms with Crippen LogP contribution in [0.3, 0.4) is 0 Å². The maximum absolute atomic E-state index is 13.2. The van der Waals surface area contributed by atoms with Crippen molar-refractivity contribution in [2.45, 2.75) is 38.3 Å². The Labute approximate surface area is 103 Å². The van der Waals surface area contributed by atoms with Crippen LogP contribution in [0.5, 0.6) is 0 Å². The summed E-state index contributed by atoms with van der Waals surface area (Å²) in [6.45, 7) is 4.21. The first-order chi connectivity index (χ1) is 7.97. The van der Waals surface area contributed by atoms with Crippen LogP contribution in [0.15, 0.2) is 18.5 Å². The molecule has 0 bridgehead atoms. The third-order valence-corrected chi connectivity index (χ3v) is 3.78. The molecule has 4 heteroatoms. The van der Waals surface area contributed by atoms with E-state index in [1.165, 1.54) is 12.3 Å². The summed E-state index contributed by atoms with van der Waals surface area (Å²) in [5.41, 5.74) is 6.91. The average molecular weight is 239 g/mol. The van der Waals surface area contributed by atoms with E-state index in [0.29, 0.717) is 0 Å². The van der Waals surface area contributed by atoms with Crippen molar-refractivity contribution in [3.05, 3.63) is 29.8 Å². The van der Waals surface area contributed by atoms with Crippen LogP contribution in [0, 0.1) is 5.82 Å². The Morgan fingerprint density at radius 1 is 1.35 bits per heavy atom. The molecular formula is C13H22FN3. The first-order valence-corrected chi connectivity index (χ1v) is 6.01. The molecule has 0 fully saturated rings. The average Bonchev–Trinajstić information content (AvgIpc) is 2.30. The topological polar surface area (TPSA) is 42.1 Å². The first-order valence-electron chi connectivity index (χ1n) is 6.01. The highest BCUT2D eigenvalue weighted by molar-refractivity contribution is 5.20. The lowest BCUT2D eigenvalue weighted by Gasteiger charge is -2.43. The maximum atomic E-state index is 13.2. The number of pyridine rings is 1. The van der Waals surface area contributed by atoms with Gasteiger partial charge in [0.15, 0.2) is 0 Å². The predicted molar refractivity (Wildman–Crippen MR) is 68.1 cm³/mol. The van der Waals surface area contributed by atoms with Crippen molar-refractivity contribution in [3.8, 4) is 0 Å². The number of hydrogen-bond acceptors (Lipinski definition) is 3. The lowest BCUT2D eigenvalue weighted by molar-refractivity contribution is 0.105. The molecule has 2 N–H and O–H groups in total. The van der Waals surface area contributed by atoms with Crippen molar-refractivity contribution in [2.75, 3.05) is 14.1 Å². The Morgan fingerprint density at radius 2 is 1.94 bits per heavy atom. The summed E-state index contributed by atoms with van der Waals surface area (Å²) in [5.74, 6) is -0.335. The molecule has 0 aromatic carbocycles. The molecule has 0 amide bonds. The molecule has 0 aliphatic heterocycles. The second kappa shape index (κ2) is 5.56. The molecule has 3 nitrogen and oxygen atoms in total. The van der Waals surface area contributed by atoms with Crippen molar-refractivity contribution in [1.29, 1.82) is 0 Å². The fourth-order valence-electron chi connectivity index (χ4n) is 2.51. The van der Waals surface area contributed by atoms with Gasteiger partial charge in [-0.15, -0.1) is 0 Å². The van der Waals surface area contributed by atoms with Gasteiger partial charge >= 0.3 is 0 Å². The van der Waals surface area contributed by atoms with Crippen LogP contribution < -0.4 is 5.73 Å². The SMILES string of the molecule is CCC(CC)(C(N)c1cncc(F)c1)N(C)C. The number of rotatable bonds is 5. The molecule has 96 valence electrons. The van der Waals surface area contributed by atoms with Gasteiger partial charge in [-0.25, -0.2) is 4.39 Å². The smallest absolute Gasteiger partial charge is 0.141 e. The minimum absolute atomic E-state index is 0.157. The van der Waals surface area contributed by atoms with Gasteiger partial charge in [-0.2, -0.15) is 0 Å². The standard InChI is InChI=1S/C13H22FN3/c1-5-13(6-2,17(3)4)12(15)10-7-11(14)9-16-8-10/h7-9,12H,5-6,15H2,1-4H3. The molecule has 0 saturated carbocycles. The molecule has 1 unspecified atom stereocenters. The van der Waals surface area contributed by atoms with Gasteiger partial charge in [-0.1, -0.05) is 13.8 Å². The van der Waals surface area contributed by atoms with Gasteiger partial charge in [0.2, 0.25) is 0 Å². The van der Waals surface area contributed by atoms with Gasteiger partial charge in [0.25, 0.3) is 0 Å². The Balaban J connectivity index is 3.12. The van der Waals surface area contributed by atoms with E-state index < -0.39 is 0 Å². The summed E-state index contributed by atoms with van der Waals surface area (Å²) in [5, 5.41) is 0. The summed E-state index contributed by atoms with van der Waals surface area (Å²) in [4.78, 5) is 6.00. The van der Waals surface area contributed by atoms with E-state index in [-0.39, 0.29) is 17.4 Å². The molecule has 17 heavy (non-hydrogen) atoms. The monoisotopic (exact) mass is 239 g/mol. The number of nitrogens with zero attached hydrogens (tertiary/aromatic N) is 2. The molecule has 0 aliphatic carbocycles. The second-order valence-electron chi connectivity index (χ2n) is 4.62. The lowest BCUT2D eigenvalue weighted by atomic mass is 9.80. The van der Waals surface area contributed by atoms with Crippen LogP contribution >= 0.6 is 0 Å². The van der Waals surface area contributed by atoms with E-state index >= 15 is 0 Å². The molecule has 1 aromatic rings. The molecule has 1 heterocycles. The Bertz CT molecular complexity index is 361. The number of aromatic nitrogens is 1. The van der Waals surface area contributed by atoms with Gasteiger partial charge in [-0.05, 0) is 38.6 Å². The zero-order valence-electron chi connectivity index (χ0n) is 11.1. The fraction of sp³-hybridized carbons (Fsp3) is 0.615. The Hall–Kier alpha value is -1.00. The molecule has 1 atom stereocenters. The third-order valence-electron chi connectivity index (χ3n) is 3.78. The van der Waals surface area contributed by atoms with Crippen LogP contribution in [0.1, 0.15) is 38.3 Å². The minimum Gasteiger partial charge on any atom is -0.322 e. The lowest BCUT2D eigenvalue weighted by Crippen LogP contribution is -2.51. The molecule has 0 spiro atoms. The van der Waals surface area contributed by atoms with Gasteiger partial charge in [0.05, 0.1) is 6.20 Å². The van der Waals surface area contributed by atoms with Crippen molar-refractivity contribution in [2.24, 2.45) is 5.73 Å². The maximum Gasteiger partial charge on any atom is 0.141 e. The van der Waals surface area contributed by atoms with E-state index in [2.05, 4.69) is 23.7 Å². The van der Waals surface area contributed by atoms with Crippen LogP contribution in [0.4, 0.5) is 4.39 Å². The molecular weight excluding hydrogens is 217 g/mol. The fourth-order valence-corrected chi connectivity index (χ4v) is 2.51. The highest BCUT2D eigenvalue weighted by Crippen LogP contribution is 2.33. The molecule has 0 aliphatic rings. The molecule has 0 radical (unpaired) electrons. The van der Waals surface area contributed by atoms with Crippen LogP contribution in [0.25, 0.3) is 0 Å². The second-order valence-corrected chi connectivity index (χ2v) is 4.62. The van der Waals surface area contributed by atoms with E-state index in [4.69, 9.17) is 5.73 Å². The summed E-state index contributed by atoms with van der Waals surface area (Å²) >= 11 is 0. The number of hydrogen-bond donors (Lipinski definition) is 1. The highest BCUT2D eigenvalue weighted by atomic mass is 19.1. The Kier molecular flexibility index (Phi) is 4.60. The predicted octanol–water partition coefficient (Wildman–Crippen LogP) is 2.34. The minimum atomic E-state index is -0.335.